The van der Waals surface area contributed by atoms with Gasteiger partial charge in [0.1, 0.15) is 17.3 Å². The number of Topliss-reactive ketones (excluding diaryl/α,β-unsaturated/α-hetero) is 1. The van der Waals surface area contributed by atoms with Gasteiger partial charge in [0.15, 0.2) is 11.5 Å². The van der Waals surface area contributed by atoms with Crippen LogP contribution in [0.4, 0.5) is 4.39 Å². The molecule has 0 saturated carbocycles. The minimum atomic E-state index is -0.929. The average molecular weight is 520 g/mol. The van der Waals surface area contributed by atoms with Gasteiger partial charge in [0.25, 0.3) is 11.7 Å². The fourth-order valence-corrected chi connectivity index (χ4v) is 4.45. The minimum absolute atomic E-state index is 0.0325. The van der Waals surface area contributed by atoms with Crippen LogP contribution in [0.5, 0.6) is 17.2 Å². The summed E-state index contributed by atoms with van der Waals surface area (Å²) in [6, 6.07) is 16.2. The molecule has 1 aliphatic rings. The van der Waals surface area contributed by atoms with E-state index in [1.165, 1.54) is 23.1 Å². The number of phenols is 1. The van der Waals surface area contributed by atoms with Crippen molar-refractivity contribution in [2.75, 3.05) is 13.2 Å². The number of likely N-dealkylation sites (tertiary alicyclic amines) is 1. The molecule has 1 aliphatic heterocycles. The number of amides is 1. The highest BCUT2D eigenvalue weighted by Crippen LogP contribution is 2.42. The van der Waals surface area contributed by atoms with E-state index in [-0.39, 0.29) is 41.3 Å². The summed E-state index contributed by atoms with van der Waals surface area (Å²) < 4.78 is 24.5. The van der Waals surface area contributed by atoms with Gasteiger partial charge < -0.3 is 24.6 Å². The maximum absolute atomic E-state index is 13.4. The normalized spacial score (nSPS) is 16.8. The third-order valence-corrected chi connectivity index (χ3v) is 6.19. The second-order valence-electron chi connectivity index (χ2n) is 9.22. The summed E-state index contributed by atoms with van der Waals surface area (Å²) >= 11 is 0. The van der Waals surface area contributed by atoms with E-state index >= 15 is 0 Å². The molecule has 0 radical (unpaired) electrons. The van der Waals surface area contributed by atoms with Gasteiger partial charge in [0.05, 0.1) is 24.3 Å². The van der Waals surface area contributed by atoms with Crippen molar-refractivity contribution in [3.63, 3.8) is 0 Å². The zero-order valence-corrected chi connectivity index (χ0v) is 21.5. The molecule has 1 atom stereocenters. The molecule has 0 aliphatic carbocycles. The van der Waals surface area contributed by atoms with Crippen molar-refractivity contribution < 1.29 is 33.7 Å². The molecule has 7 nitrogen and oxygen atoms in total. The average Bonchev–Trinajstić information content (AvgIpc) is 3.14. The third kappa shape index (κ3) is 5.64. The number of carbonyl (C=O) groups is 2. The number of benzene rings is 3. The molecule has 3 aromatic rings. The fraction of sp³-hybridized carbons (Fsp3) is 0.267. The summed E-state index contributed by atoms with van der Waals surface area (Å²) in [6.45, 7) is 6.01. The van der Waals surface area contributed by atoms with E-state index in [1.54, 1.807) is 55.5 Å². The van der Waals surface area contributed by atoms with Crippen molar-refractivity contribution in [1.29, 1.82) is 0 Å². The second kappa shape index (κ2) is 11.4. The monoisotopic (exact) mass is 519 g/mol. The Kier molecular flexibility index (Phi) is 8.00. The molecule has 4 rings (SSSR count). The summed E-state index contributed by atoms with van der Waals surface area (Å²) in [4.78, 5) is 27.9. The number of aliphatic hydroxyl groups is 1. The molecule has 0 spiro atoms. The van der Waals surface area contributed by atoms with Crippen LogP contribution in [0.15, 0.2) is 72.3 Å². The lowest BCUT2D eigenvalue weighted by atomic mass is 9.94. The summed E-state index contributed by atoms with van der Waals surface area (Å²) in [7, 11) is 0. The van der Waals surface area contributed by atoms with Crippen molar-refractivity contribution in [2.24, 2.45) is 0 Å². The largest absolute Gasteiger partial charge is 0.507 e. The summed E-state index contributed by atoms with van der Waals surface area (Å²) in [5.41, 5.74) is 1.56. The lowest BCUT2D eigenvalue weighted by Crippen LogP contribution is -2.31. The maximum atomic E-state index is 13.4. The molecule has 0 aromatic heterocycles. The molecular formula is C30H30FNO6. The van der Waals surface area contributed by atoms with E-state index in [0.717, 1.165) is 5.56 Å². The molecule has 1 heterocycles. The van der Waals surface area contributed by atoms with Gasteiger partial charge in [-0.15, -0.1) is 0 Å². The first-order chi connectivity index (χ1) is 18.2. The Bertz CT molecular complexity index is 1350. The van der Waals surface area contributed by atoms with Crippen LogP contribution in [0.2, 0.25) is 0 Å². The highest BCUT2D eigenvalue weighted by molar-refractivity contribution is 6.46. The lowest BCUT2D eigenvalue weighted by molar-refractivity contribution is -0.139. The number of ether oxygens (including phenoxy) is 2. The Hall–Kier alpha value is -4.33. The number of ketones is 1. The molecule has 1 amide bonds. The van der Waals surface area contributed by atoms with Gasteiger partial charge in [-0.2, -0.15) is 0 Å². The molecule has 38 heavy (non-hydrogen) atoms. The fourth-order valence-electron chi connectivity index (χ4n) is 4.45. The first kappa shape index (κ1) is 26.7. The van der Waals surface area contributed by atoms with E-state index in [0.29, 0.717) is 29.9 Å². The molecule has 1 unspecified atom stereocenters. The summed E-state index contributed by atoms with van der Waals surface area (Å²) in [5.74, 6) is -1.55. The van der Waals surface area contributed by atoms with Crippen molar-refractivity contribution in [3.05, 3.63) is 94.8 Å². The third-order valence-electron chi connectivity index (χ3n) is 6.19. The van der Waals surface area contributed by atoms with Crippen molar-refractivity contribution in [1.82, 2.24) is 4.90 Å². The van der Waals surface area contributed by atoms with E-state index in [4.69, 9.17) is 9.47 Å². The van der Waals surface area contributed by atoms with Gasteiger partial charge in [0, 0.05) is 12.1 Å². The quantitative estimate of drug-likeness (QED) is 0.224. The molecule has 198 valence electrons. The summed E-state index contributed by atoms with van der Waals surface area (Å²) in [6.07, 6.45) is 0.330. The first-order valence-corrected chi connectivity index (χ1v) is 12.4. The van der Waals surface area contributed by atoms with Gasteiger partial charge in [-0.1, -0.05) is 18.2 Å². The van der Waals surface area contributed by atoms with E-state index in [9.17, 15) is 24.2 Å². The van der Waals surface area contributed by atoms with Crippen LogP contribution < -0.4 is 9.47 Å². The van der Waals surface area contributed by atoms with Gasteiger partial charge in [-0.3, -0.25) is 9.59 Å². The predicted octanol–water partition coefficient (Wildman–Crippen LogP) is 5.38. The van der Waals surface area contributed by atoms with Crippen LogP contribution in [0, 0.1) is 5.82 Å². The number of rotatable bonds is 9. The van der Waals surface area contributed by atoms with Crippen LogP contribution in [-0.2, 0) is 16.0 Å². The first-order valence-electron chi connectivity index (χ1n) is 12.4. The van der Waals surface area contributed by atoms with Crippen LogP contribution in [0.3, 0.4) is 0 Å². The Balaban J connectivity index is 1.77. The van der Waals surface area contributed by atoms with Crippen LogP contribution in [-0.4, -0.2) is 46.1 Å². The zero-order valence-electron chi connectivity index (χ0n) is 21.5. The molecule has 2 N–H and O–H groups in total. The van der Waals surface area contributed by atoms with Crippen LogP contribution in [0.1, 0.15) is 43.5 Å². The van der Waals surface area contributed by atoms with Crippen molar-refractivity contribution in [2.45, 2.75) is 39.3 Å². The van der Waals surface area contributed by atoms with Crippen molar-refractivity contribution in [3.8, 4) is 17.2 Å². The molecule has 0 bridgehead atoms. The second-order valence-corrected chi connectivity index (χ2v) is 9.22. The minimum Gasteiger partial charge on any atom is -0.507 e. The Labute approximate surface area is 220 Å². The van der Waals surface area contributed by atoms with Gasteiger partial charge in [-0.25, -0.2) is 4.39 Å². The van der Waals surface area contributed by atoms with Gasteiger partial charge in [-0.05, 0) is 86.8 Å². The lowest BCUT2D eigenvalue weighted by Gasteiger charge is -2.26. The Morgan fingerprint density at radius 3 is 2.34 bits per heavy atom. The number of aromatic hydroxyl groups is 1. The Morgan fingerprint density at radius 1 is 1.03 bits per heavy atom. The SMILES string of the molecule is CCOc1cc(C2/C(=C(/O)c3ccc(OC(C)C)cc3)C(=O)C(=O)N2CCc2ccc(F)cc2)ccc1O. The number of phenolic OH excluding ortho intramolecular Hbond substituents is 1. The van der Waals surface area contributed by atoms with Gasteiger partial charge in [0.2, 0.25) is 0 Å². The molecule has 3 aromatic carbocycles. The highest BCUT2D eigenvalue weighted by atomic mass is 19.1. The van der Waals surface area contributed by atoms with E-state index in [2.05, 4.69) is 0 Å². The number of carbonyl (C=O) groups excluding carboxylic acids is 2. The number of aliphatic hydroxyl groups excluding tert-OH is 1. The maximum Gasteiger partial charge on any atom is 0.295 e. The highest BCUT2D eigenvalue weighted by Gasteiger charge is 2.46. The Morgan fingerprint density at radius 2 is 1.71 bits per heavy atom. The van der Waals surface area contributed by atoms with Crippen LogP contribution in [0.25, 0.3) is 5.76 Å². The summed E-state index contributed by atoms with van der Waals surface area (Å²) in [5, 5.41) is 21.5. The molecule has 8 heteroatoms. The number of hydrogen-bond acceptors (Lipinski definition) is 6. The van der Waals surface area contributed by atoms with E-state index in [1.807, 2.05) is 13.8 Å². The molecular weight excluding hydrogens is 489 g/mol. The number of nitrogens with zero attached hydrogens (tertiary/aromatic N) is 1. The topological polar surface area (TPSA) is 96.3 Å². The van der Waals surface area contributed by atoms with Crippen molar-refractivity contribution >= 4 is 17.4 Å². The number of halogens is 1. The zero-order chi connectivity index (χ0) is 27.4. The standard InChI is InChI=1S/C30H30FNO6/c1-4-37-25-17-21(9-14-24(25)33)27-26(28(34)20-7-12-23(13-8-20)38-18(2)3)29(35)30(36)32(27)16-15-19-5-10-22(31)11-6-19/h5-14,17-18,27,33-34H,4,15-16H2,1-3H3/b28-26-. The van der Waals surface area contributed by atoms with E-state index < -0.39 is 17.7 Å². The number of hydrogen-bond donors (Lipinski definition) is 2. The van der Waals surface area contributed by atoms with Gasteiger partial charge >= 0.3 is 0 Å². The predicted molar refractivity (Wildman–Crippen MR) is 141 cm³/mol. The molecule has 1 fully saturated rings. The molecule has 1 saturated heterocycles. The van der Waals surface area contributed by atoms with Crippen LogP contribution >= 0.6 is 0 Å². The smallest absolute Gasteiger partial charge is 0.295 e.